The molecular formula is C31H50F12O6. The van der Waals surface area contributed by atoms with Gasteiger partial charge in [-0.25, -0.2) is 0 Å². The Kier molecular flexibility index (Phi) is 17.4. The zero-order chi connectivity index (χ0) is 38.1. The molecule has 3 saturated carbocycles. The first-order valence-electron chi connectivity index (χ1n) is 16.0. The van der Waals surface area contributed by atoms with Crippen LogP contribution in [0.15, 0.2) is 0 Å². The molecule has 3 fully saturated rings. The van der Waals surface area contributed by atoms with Crippen molar-refractivity contribution < 1.29 is 81.1 Å². The zero-order valence-electron chi connectivity index (χ0n) is 28.8. The minimum absolute atomic E-state index is 0.205. The van der Waals surface area contributed by atoms with Crippen LogP contribution in [-0.2, 0) is 28.4 Å². The van der Waals surface area contributed by atoms with E-state index in [0.717, 1.165) is 34.2 Å². The molecule has 3 aliphatic rings. The Labute approximate surface area is 279 Å². The van der Waals surface area contributed by atoms with Crippen LogP contribution in [0.2, 0.25) is 0 Å². The predicted molar refractivity (Wildman–Crippen MR) is 153 cm³/mol. The fourth-order valence-corrected chi connectivity index (χ4v) is 6.54. The molecule has 0 aromatic heterocycles. The van der Waals surface area contributed by atoms with E-state index < -0.39 is 91.4 Å². The maximum absolute atomic E-state index is 13.6. The molecule has 0 N–H and O–H groups in total. The first-order chi connectivity index (χ1) is 22.4. The molecule has 2 unspecified atom stereocenters. The van der Waals surface area contributed by atoms with Gasteiger partial charge in [0.15, 0.2) is 0 Å². The van der Waals surface area contributed by atoms with Gasteiger partial charge in [0, 0.05) is 42.7 Å². The number of rotatable bonds is 12. The van der Waals surface area contributed by atoms with Crippen molar-refractivity contribution in [1.29, 1.82) is 0 Å². The second-order valence-electron chi connectivity index (χ2n) is 12.9. The molecule has 0 aromatic carbocycles. The smallest absolute Gasteiger partial charge is 0.324 e. The summed E-state index contributed by atoms with van der Waals surface area (Å²) in [6.07, 6.45) is -19.4. The molecule has 3 aliphatic carbocycles. The number of halogens is 12. The number of alkyl halides is 12. The fraction of sp³-hybridized carbons (Fsp3) is 1.00. The van der Waals surface area contributed by atoms with Gasteiger partial charge < -0.3 is 28.4 Å². The number of hydrogen-bond donors (Lipinski definition) is 0. The van der Waals surface area contributed by atoms with Crippen molar-refractivity contribution in [2.75, 3.05) is 42.7 Å². The molecule has 0 bridgehead atoms. The molecule has 0 spiro atoms. The number of methoxy groups -OCH3 is 6. The third kappa shape index (κ3) is 13.1. The van der Waals surface area contributed by atoms with E-state index in [2.05, 4.69) is 35.3 Å². The van der Waals surface area contributed by atoms with Crippen LogP contribution in [0.4, 0.5) is 52.7 Å². The van der Waals surface area contributed by atoms with Crippen molar-refractivity contribution in [2.24, 2.45) is 41.4 Å². The van der Waals surface area contributed by atoms with Crippen molar-refractivity contribution in [1.82, 2.24) is 0 Å². The fourth-order valence-electron chi connectivity index (χ4n) is 6.54. The van der Waals surface area contributed by atoms with E-state index in [1.807, 2.05) is 0 Å². The van der Waals surface area contributed by atoms with E-state index in [0.29, 0.717) is 46.5 Å². The Morgan fingerprint density at radius 1 is 0.327 bits per heavy atom. The van der Waals surface area contributed by atoms with E-state index in [4.69, 9.17) is 0 Å². The van der Waals surface area contributed by atoms with E-state index in [1.54, 1.807) is 0 Å². The lowest BCUT2D eigenvalue weighted by Crippen LogP contribution is -2.47. The number of ether oxygens (including phenoxy) is 6. The molecule has 49 heavy (non-hydrogen) atoms. The molecular weight excluding hydrogens is 696 g/mol. The molecule has 294 valence electrons. The van der Waals surface area contributed by atoms with Gasteiger partial charge >= 0.3 is 36.7 Å². The average molecular weight is 747 g/mol. The van der Waals surface area contributed by atoms with Gasteiger partial charge in [-0.1, -0.05) is 26.2 Å². The summed E-state index contributed by atoms with van der Waals surface area (Å²) in [6.45, 7) is 2.11. The predicted octanol–water partition coefficient (Wildman–Crippen LogP) is 10.1. The standard InChI is InChI=1S/C12H18F6O3.C10H16F4O2.C9H16F2O/c1-19-10(13,14)7-4-8(11(15,16)20-2)6-9(5-7)12(17,18)21-3;1-15-9(11,12)7-4-3-5-8(6-7)10(13,14)16-2;1-7-3-5-8(6-4-7)9(10,11)12-2/h7-9H,4-6H2,1-3H3;7-8H,3-6H2,1-2H3;7-8H,3-6H2,1-2H3. The number of hydrogen-bond acceptors (Lipinski definition) is 6. The summed E-state index contributed by atoms with van der Waals surface area (Å²) in [5.41, 5.74) is 0. The van der Waals surface area contributed by atoms with Crippen LogP contribution in [0.1, 0.15) is 77.6 Å². The summed E-state index contributed by atoms with van der Waals surface area (Å²) in [5, 5.41) is 0. The first kappa shape index (κ1) is 45.9. The molecule has 18 heteroatoms. The van der Waals surface area contributed by atoms with Crippen LogP contribution in [0.5, 0.6) is 0 Å². The maximum atomic E-state index is 13.6. The lowest BCUT2D eigenvalue weighted by molar-refractivity contribution is -0.324. The van der Waals surface area contributed by atoms with Crippen molar-refractivity contribution in [3.63, 3.8) is 0 Å². The van der Waals surface area contributed by atoms with Crippen LogP contribution in [-0.4, -0.2) is 79.3 Å². The molecule has 3 rings (SSSR count). The molecule has 0 aromatic rings. The van der Waals surface area contributed by atoms with Crippen LogP contribution in [0.3, 0.4) is 0 Å². The molecule has 0 aliphatic heterocycles. The summed E-state index contributed by atoms with van der Waals surface area (Å²) < 4.78 is 184. The van der Waals surface area contributed by atoms with Crippen molar-refractivity contribution in [2.45, 2.75) is 114 Å². The second-order valence-corrected chi connectivity index (χ2v) is 12.9. The summed E-state index contributed by atoms with van der Waals surface area (Å²) >= 11 is 0. The van der Waals surface area contributed by atoms with Gasteiger partial charge in [0.05, 0.1) is 35.5 Å². The van der Waals surface area contributed by atoms with Crippen LogP contribution in [0, 0.1) is 41.4 Å². The monoisotopic (exact) mass is 746 g/mol. The molecule has 0 heterocycles. The minimum Gasteiger partial charge on any atom is -0.324 e. The van der Waals surface area contributed by atoms with Crippen LogP contribution < -0.4 is 0 Å². The minimum atomic E-state index is -3.77. The van der Waals surface area contributed by atoms with E-state index in [9.17, 15) is 52.7 Å². The van der Waals surface area contributed by atoms with Crippen molar-refractivity contribution >= 4 is 0 Å². The van der Waals surface area contributed by atoms with E-state index in [-0.39, 0.29) is 19.3 Å². The lowest BCUT2D eigenvalue weighted by atomic mass is 9.73. The molecule has 2 atom stereocenters. The van der Waals surface area contributed by atoms with Gasteiger partial charge in [-0.05, 0) is 57.3 Å². The summed E-state index contributed by atoms with van der Waals surface area (Å²) in [5.74, 6) is -7.57. The summed E-state index contributed by atoms with van der Waals surface area (Å²) in [4.78, 5) is 0. The van der Waals surface area contributed by atoms with Gasteiger partial charge in [-0.2, -0.15) is 52.7 Å². The van der Waals surface area contributed by atoms with Crippen molar-refractivity contribution in [3.8, 4) is 0 Å². The Balaban J connectivity index is 0.000000382. The summed E-state index contributed by atoms with van der Waals surface area (Å²) in [7, 11) is 4.94. The lowest BCUT2D eigenvalue weighted by Gasteiger charge is -2.41. The van der Waals surface area contributed by atoms with Gasteiger partial charge in [-0.15, -0.1) is 0 Å². The highest BCUT2D eigenvalue weighted by atomic mass is 19.3. The highest BCUT2D eigenvalue weighted by molar-refractivity contribution is 4.89. The Bertz CT molecular complexity index is 870. The third-order valence-electron chi connectivity index (χ3n) is 9.88. The average Bonchev–Trinajstić information content (AvgIpc) is 3.08. The van der Waals surface area contributed by atoms with Crippen LogP contribution in [0.25, 0.3) is 0 Å². The van der Waals surface area contributed by atoms with Gasteiger partial charge in [-0.3, -0.25) is 0 Å². The van der Waals surface area contributed by atoms with Gasteiger partial charge in [0.2, 0.25) is 0 Å². The molecule has 6 nitrogen and oxygen atoms in total. The van der Waals surface area contributed by atoms with Gasteiger partial charge in [0.25, 0.3) is 0 Å². The largest absolute Gasteiger partial charge is 0.358 e. The first-order valence-corrected chi connectivity index (χ1v) is 16.0. The van der Waals surface area contributed by atoms with E-state index in [1.165, 1.54) is 0 Å². The third-order valence-corrected chi connectivity index (χ3v) is 9.88. The maximum Gasteiger partial charge on any atom is 0.358 e. The van der Waals surface area contributed by atoms with E-state index >= 15 is 0 Å². The quantitative estimate of drug-likeness (QED) is 0.186. The highest BCUT2D eigenvalue weighted by Crippen LogP contribution is 2.51. The molecule has 0 amide bonds. The summed E-state index contributed by atoms with van der Waals surface area (Å²) in [6, 6.07) is 0. The molecule has 0 saturated heterocycles. The topological polar surface area (TPSA) is 55.4 Å². The Morgan fingerprint density at radius 2 is 0.551 bits per heavy atom. The van der Waals surface area contributed by atoms with Gasteiger partial charge in [0.1, 0.15) is 0 Å². The Hall–Kier alpha value is -1.08. The normalized spacial score (nSPS) is 29.3. The van der Waals surface area contributed by atoms with Crippen molar-refractivity contribution in [3.05, 3.63) is 0 Å². The molecule has 0 radical (unpaired) electrons. The zero-order valence-corrected chi connectivity index (χ0v) is 28.8. The SMILES string of the molecule is COC(F)(F)C1CC(C(F)(F)OC)CC(C(F)(F)OC)C1.COC(F)(F)C1CCC(C)CC1.COC(F)(F)C1CCCC(C(F)(F)OC)C1. The van der Waals surface area contributed by atoms with Crippen LogP contribution >= 0.6 is 0 Å². The highest BCUT2D eigenvalue weighted by Gasteiger charge is 2.57. The Morgan fingerprint density at radius 3 is 0.816 bits per heavy atom. The second kappa shape index (κ2) is 18.6.